The van der Waals surface area contributed by atoms with E-state index in [1.807, 2.05) is 12.1 Å². The molecule has 2 aromatic heterocycles. The molecule has 0 aliphatic heterocycles. The second-order valence-corrected chi connectivity index (χ2v) is 6.52. The zero-order valence-electron chi connectivity index (χ0n) is 13.6. The number of nitrogens with one attached hydrogen (secondary N) is 2. The van der Waals surface area contributed by atoms with Crippen molar-refractivity contribution in [3.8, 4) is 28.2 Å². The standard InChI is InChI=1S/C17H11ClN6O2S/c18-13-2-1-3-14(7-13)23-9-12(8-19-23)10-4-11(6-15(5-10)24(25)26)16-20-17(27)22-21-16/h1-9H,(H2,20,21,22,27). The predicted molar refractivity (Wildman–Crippen MR) is 103 cm³/mol. The lowest BCUT2D eigenvalue weighted by atomic mass is 10.0. The molecule has 0 radical (unpaired) electrons. The summed E-state index contributed by atoms with van der Waals surface area (Å²) in [5, 5.41) is 21.8. The van der Waals surface area contributed by atoms with Gasteiger partial charge in [-0.3, -0.25) is 20.3 Å². The van der Waals surface area contributed by atoms with E-state index in [0.29, 0.717) is 27.5 Å². The van der Waals surface area contributed by atoms with Crippen molar-refractivity contribution in [3.05, 3.63) is 74.8 Å². The Labute approximate surface area is 162 Å². The van der Waals surface area contributed by atoms with Crippen molar-refractivity contribution in [2.24, 2.45) is 0 Å². The molecule has 2 aromatic carbocycles. The van der Waals surface area contributed by atoms with Crippen molar-refractivity contribution in [2.75, 3.05) is 0 Å². The number of nitro benzene ring substituents is 1. The number of H-pyrrole nitrogens is 2. The largest absolute Gasteiger partial charge is 0.282 e. The molecule has 4 rings (SSSR count). The van der Waals surface area contributed by atoms with E-state index in [-0.39, 0.29) is 10.5 Å². The fourth-order valence-corrected chi connectivity index (χ4v) is 2.99. The first-order valence-electron chi connectivity index (χ1n) is 7.75. The molecule has 2 heterocycles. The van der Waals surface area contributed by atoms with Crippen molar-refractivity contribution in [2.45, 2.75) is 0 Å². The number of nitro groups is 1. The third-order valence-electron chi connectivity index (χ3n) is 3.89. The summed E-state index contributed by atoms with van der Waals surface area (Å²) in [5.41, 5.74) is 2.63. The molecule has 0 amide bonds. The van der Waals surface area contributed by atoms with Crippen molar-refractivity contribution in [3.63, 3.8) is 0 Å². The SMILES string of the molecule is O=[N+]([O-])c1cc(-c2cnn(-c3cccc(Cl)c3)c2)cc(-c2nc(=S)[nH][nH]2)c1. The summed E-state index contributed by atoms with van der Waals surface area (Å²) in [6, 6.07) is 12.0. The topological polar surface area (TPSA) is 105 Å². The number of rotatable bonds is 4. The van der Waals surface area contributed by atoms with E-state index in [2.05, 4.69) is 20.3 Å². The normalized spacial score (nSPS) is 10.9. The summed E-state index contributed by atoms with van der Waals surface area (Å²) < 4.78 is 1.92. The van der Waals surface area contributed by atoms with Gasteiger partial charge in [0.05, 0.1) is 16.8 Å². The highest BCUT2D eigenvalue weighted by atomic mass is 35.5. The van der Waals surface area contributed by atoms with Gasteiger partial charge in [0.15, 0.2) is 5.82 Å². The van der Waals surface area contributed by atoms with Crippen molar-refractivity contribution >= 4 is 29.5 Å². The lowest BCUT2D eigenvalue weighted by molar-refractivity contribution is -0.384. The molecule has 8 nitrogen and oxygen atoms in total. The second kappa shape index (κ2) is 6.78. The van der Waals surface area contributed by atoms with Crippen LogP contribution in [-0.2, 0) is 0 Å². The molecule has 134 valence electrons. The Bertz CT molecular complexity index is 1210. The summed E-state index contributed by atoms with van der Waals surface area (Å²) in [5.74, 6) is 0.423. The van der Waals surface area contributed by atoms with Gasteiger partial charge in [0.1, 0.15) is 0 Å². The quantitative estimate of drug-likeness (QED) is 0.298. The third kappa shape index (κ3) is 3.50. The minimum absolute atomic E-state index is 0.0553. The van der Waals surface area contributed by atoms with E-state index in [9.17, 15) is 10.1 Å². The van der Waals surface area contributed by atoms with E-state index < -0.39 is 4.92 Å². The lowest BCUT2D eigenvalue weighted by Gasteiger charge is -2.03. The van der Waals surface area contributed by atoms with Crippen LogP contribution < -0.4 is 0 Å². The average molecular weight is 399 g/mol. The zero-order valence-corrected chi connectivity index (χ0v) is 15.2. The molecule has 0 atom stereocenters. The minimum atomic E-state index is -0.449. The van der Waals surface area contributed by atoms with Crippen LogP contribution in [0.1, 0.15) is 0 Å². The number of hydrogen-bond acceptors (Lipinski definition) is 5. The monoisotopic (exact) mass is 398 g/mol. The Morgan fingerprint density at radius 3 is 2.63 bits per heavy atom. The Morgan fingerprint density at radius 1 is 1.11 bits per heavy atom. The summed E-state index contributed by atoms with van der Waals surface area (Å²) in [6.07, 6.45) is 3.41. The number of nitrogens with zero attached hydrogens (tertiary/aromatic N) is 4. The summed E-state index contributed by atoms with van der Waals surface area (Å²) in [4.78, 5) is 15.0. The smallest absolute Gasteiger partial charge is 0.270 e. The molecule has 0 aliphatic carbocycles. The zero-order chi connectivity index (χ0) is 19.0. The van der Waals surface area contributed by atoms with Crippen molar-refractivity contribution in [1.82, 2.24) is 25.0 Å². The average Bonchev–Trinajstić information content (AvgIpc) is 3.30. The molecule has 0 saturated carbocycles. The highest BCUT2D eigenvalue weighted by Gasteiger charge is 2.15. The van der Waals surface area contributed by atoms with Crippen LogP contribution in [0.2, 0.25) is 5.02 Å². The fourth-order valence-electron chi connectivity index (χ4n) is 2.66. The van der Waals surface area contributed by atoms with Gasteiger partial charge in [-0.15, -0.1) is 0 Å². The Kier molecular flexibility index (Phi) is 4.30. The second-order valence-electron chi connectivity index (χ2n) is 5.69. The molecule has 10 heteroatoms. The number of aromatic nitrogens is 5. The number of aromatic amines is 2. The van der Waals surface area contributed by atoms with E-state index in [1.165, 1.54) is 12.1 Å². The Morgan fingerprint density at radius 2 is 1.93 bits per heavy atom. The molecular formula is C17H11ClN6O2S. The number of hydrogen-bond donors (Lipinski definition) is 2. The van der Waals surface area contributed by atoms with Gasteiger partial charge in [0.2, 0.25) is 4.77 Å². The predicted octanol–water partition coefficient (Wildman–Crippen LogP) is 4.55. The van der Waals surface area contributed by atoms with Gasteiger partial charge in [-0.25, -0.2) is 4.68 Å². The molecule has 0 aliphatic rings. The summed E-state index contributed by atoms with van der Waals surface area (Å²) in [6.45, 7) is 0. The van der Waals surface area contributed by atoms with Gasteiger partial charge in [0.25, 0.3) is 5.69 Å². The molecule has 0 saturated heterocycles. The van der Waals surface area contributed by atoms with Crippen LogP contribution in [-0.4, -0.2) is 29.9 Å². The van der Waals surface area contributed by atoms with Gasteiger partial charge in [-0.05, 0) is 42.0 Å². The van der Waals surface area contributed by atoms with Gasteiger partial charge >= 0.3 is 0 Å². The first-order valence-corrected chi connectivity index (χ1v) is 8.54. The van der Waals surface area contributed by atoms with Gasteiger partial charge in [-0.2, -0.15) is 10.1 Å². The maximum absolute atomic E-state index is 11.3. The molecule has 0 bridgehead atoms. The van der Waals surface area contributed by atoms with E-state index >= 15 is 0 Å². The summed E-state index contributed by atoms with van der Waals surface area (Å²) >= 11 is 11.0. The Hall–Kier alpha value is -3.30. The minimum Gasteiger partial charge on any atom is -0.282 e. The number of halogens is 1. The van der Waals surface area contributed by atoms with Crippen LogP contribution in [0.3, 0.4) is 0 Å². The van der Waals surface area contributed by atoms with Crippen LogP contribution in [0.15, 0.2) is 54.9 Å². The molecular weight excluding hydrogens is 388 g/mol. The highest BCUT2D eigenvalue weighted by Crippen LogP contribution is 2.30. The lowest BCUT2D eigenvalue weighted by Crippen LogP contribution is -1.93. The van der Waals surface area contributed by atoms with Gasteiger partial charge in [-0.1, -0.05) is 17.7 Å². The molecule has 4 aromatic rings. The van der Waals surface area contributed by atoms with Crippen LogP contribution in [0.4, 0.5) is 5.69 Å². The molecule has 2 N–H and O–H groups in total. The number of benzene rings is 2. The molecule has 0 spiro atoms. The maximum atomic E-state index is 11.3. The van der Waals surface area contributed by atoms with Gasteiger partial charge < -0.3 is 0 Å². The van der Waals surface area contributed by atoms with Crippen LogP contribution >= 0.6 is 23.8 Å². The van der Waals surface area contributed by atoms with Crippen LogP contribution in [0, 0.1) is 14.9 Å². The van der Waals surface area contributed by atoms with Crippen LogP contribution in [0.25, 0.3) is 28.2 Å². The first-order chi connectivity index (χ1) is 13.0. The van der Waals surface area contributed by atoms with Crippen molar-refractivity contribution in [1.29, 1.82) is 0 Å². The summed E-state index contributed by atoms with van der Waals surface area (Å²) in [7, 11) is 0. The fraction of sp³-hybridized carbons (Fsp3) is 0. The maximum Gasteiger partial charge on any atom is 0.270 e. The van der Waals surface area contributed by atoms with Crippen LogP contribution in [0.5, 0.6) is 0 Å². The van der Waals surface area contributed by atoms with Gasteiger partial charge in [0, 0.05) is 34.5 Å². The van der Waals surface area contributed by atoms with E-state index in [1.54, 1.807) is 35.3 Å². The molecule has 0 fully saturated rings. The van der Waals surface area contributed by atoms with E-state index in [0.717, 1.165) is 5.69 Å². The first kappa shape index (κ1) is 17.1. The highest BCUT2D eigenvalue weighted by molar-refractivity contribution is 7.71. The number of non-ortho nitro benzene ring substituents is 1. The molecule has 27 heavy (non-hydrogen) atoms. The van der Waals surface area contributed by atoms with E-state index in [4.69, 9.17) is 23.8 Å². The third-order valence-corrected chi connectivity index (χ3v) is 4.32. The Balaban J connectivity index is 1.80. The van der Waals surface area contributed by atoms with Crippen molar-refractivity contribution < 1.29 is 4.92 Å². The molecule has 0 unspecified atom stereocenters.